The highest BCUT2D eigenvalue weighted by molar-refractivity contribution is 6.42. The molecule has 1 aliphatic carbocycles. The molecule has 1 nitrogen and oxygen atoms in total. The average molecular weight is 245 g/mol. The summed E-state index contributed by atoms with van der Waals surface area (Å²) in [6, 6.07) is 5.72. The van der Waals surface area contributed by atoms with E-state index in [0.717, 1.165) is 24.8 Å². The van der Waals surface area contributed by atoms with Gasteiger partial charge in [-0.25, -0.2) is 0 Å². The maximum absolute atomic E-state index is 9.61. The van der Waals surface area contributed by atoms with Gasteiger partial charge in [-0.05, 0) is 36.3 Å². The number of rotatable bonds is 1. The molecule has 1 aromatic carbocycles. The topological polar surface area (TPSA) is 20.2 Å². The van der Waals surface area contributed by atoms with Crippen LogP contribution in [0.25, 0.3) is 0 Å². The molecule has 0 spiro atoms. The summed E-state index contributed by atoms with van der Waals surface area (Å²) in [4.78, 5) is 0. The molecule has 3 heteroatoms. The monoisotopic (exact) mass is 244 g/mol. The van der Waals surface area contributed by atoms with Gasteiger partial charge in [0, 0.05) is 0 Å². The fraction of sp³-hybridized carbons (Fsp3) is 0.500. The number of aliphatic hydroxyl groups is 1. The molecule has 0 bridgehead atoms. The van der Waals surface area contributed by atoms with Crippen LogP contribution in [0.4, 0.5) is 0 Å². The summed E-state index contributed by atoms with van der Waals surface area (Å²) in [6.45, 7) is 2.14. The summed E-state index contributed by atoms with van der Waals surface area (Å²) < 4.78 is 0. The van der Waals surface area contributed by atoms with Gasteiger partial charge in [0.2, 0.25) is 0 Å². The molecule has 0 aromatic heterocycles. The van der Waals surface area contributed by atoms with E-state index >= 15 is 0 Å². The fourth-order valence-corrected chi connectivity index (χ4v) is 2.95. The van der Waals surface area contributed by atoms with Gasteiger partial charge in [-0.3, -0.25) is 0 Å². The number of hydrogen-bond donors (Lipinski definition) is 1. The van der Waals surface area contributed by atoms with Crippen molar-refractivity contribution >= 4 is 23.2 Å². The molecule has 1 aliphatic rings. The van der Waals surface area contributed by atoms with E-state index in [9.17, 15) is 5.11 Å². The predicted molar refractivity (Wildman–Crippen MR) is 63.7 cm³/mol. The van der Waals surface area contributed by atoms with Gasteiger partial charge in [0.1, 0.15) is 0 Å². The van der Waals surface area contributed by atoms with E-state index in [1.54, 1.807) is 6.07 Å². The Hall–Kier alpha value is -0.240. The molecule has 0 saturated heterocycles. The van der Waals surface area contributed by atoms with Crippen molar-refractivity contribution in [2.45, 2.75) is 37.7 Å². The number of hydrogen-bond acceptors (Lipinski definition) is 1. The molecule has 1 saturated carbocycles. The fourth-order valence-electron chi connectivity index (χ4n) is 2.42. The van der Waals surface area contributed by atoms with E-state index in [1.165, 1.54) is 0 Å². The summed E-state index contributed by atoms with van der Waals surface area (Å²) in [5.74, 6) is 0. The SMILES string of the molecule is CC1(c2cccc(Cl)c2Cl)CCC(O)C1. The minimum Gasteiger partial charge on any atom is -0.393 e. The first-order chi connectivity index (χ1) is 7.03. The summed E-state index contributed by atoms with van der Waals surface area (Å²) in [5.41, 5.74) is 1.04. The average Bonchev–Trinajstić information content (AvgIpc) is 2.52. The maximum atomic E-state index is 9.61. The summed E-state index contributed by atoms with van der Waals surface area (Å²) in [6.07, 6.45) is 2.38. The molecule has 1 aromatic rings. The van der Waals surface area contributed by atoms with Gasteiger partial charge >= 0.3 is 0 Å². The predicted octanol–water partition coefficient (Wildman–Crippen LogP) is 3.80. The van der Waals surface area contributed by atoms with Crippen molar-refractivity contribution in [1.29, 1.82) is 0 Å². The molecule has 82 valence electrons. The second kappa shape index (κ2) is 3.97. The lowest BCUT2D eigenvalue weighted by atomic mass is 9.81. The van der Waals surface area contributed by atoms with E-state index in [1.807, 2.05) is 12.1 Å². The number of halogens is 2. The third-order valence-electron chi connectivity index (χ3n) is 3.32. The minimum atomic E-state index is -0.204. The first-order valence-corrected chi connectivity index (χ1v) is 5.91. The summed E-state index contributed by atoms with van der Waals surface area (Å²) >= 11 is 12.2. The van der Waals surface area contributed by atoms with Crippen LogP contribution in [-0.2, 0) is 5.41 Å². The molecule has 15 heavy (non-hydrogen) atoms. The van der Waals surface area contributed by atoms with Gasteiger partial charge < -0.3 is 5.11 Å². The Balaban J connectivity index is 2.41. The van der Waals surface area contributed by atoms with Gasteiger partial charge in [-0.15, -0.1) is 0 Å². The van der Waals surface area contributed by atoms with Crippen LogP contribution in [0, 0.1) is 0 Å². The molecule has 0 amide bonds. The third-order valence-corrected chi connectivity index (χ3v) is 4.14. The summed E-state index contributed by atoms with van der Waals surface area (Å²) in [7, 11) is 0. The molecule has 0 aliphatic heterocycles. The van der Waals surface area contributed by atoms with Crippen molar-refractivity contribution < 1.29 is 5.11 Å². The van der Waals surface area contributed by atoms with Crippen LogP contribution >= 0.6 is 23.2 Å². The first-order valence-electron chi connectivity index (χ1n) is 5.15. The van der Waals surface area contributed by atoms with E-state index in [4.69, 9.17) is 23.2 Å². The standard InChI is InChI=1S/C12H14Cl2O/c1-12(6-5-8(15)7-12)9-3-2-4-10(13)11(9)14/h2-4,8,15H,5-7H2,1H3. The molecule has 1 fully saturated rings. The Kier molecular flexibility index (Phi) is 2.98. The Labute approximate surface area is 100 Å². The highest BCUT2D eigenvalue weighted by Gasteiger charge is 2.37. The first kappa shape index (κ1) is 11.3. The second-order valence-electron chi connectivity index (χ2n) is 4.56. The van der Waals surface area contributed by atoms with Gasteiger partial charge in [0.05, 0.1) is 16.1 Å². The number of benzene rings is 1. The molecule has 2 unspecified atom stereocenters. The molecule has 1 N–H and O–H groups in total. The lowest BCUT2D eigenvalue weighted by Gasteiger charge is -2.25. The Morgan fingerprint density at radius 2 is 2.13 bits per heavy atom. The van der Waals surface area contributed by atoms with Crippen LogP contribution < -0.4 is 0 Å². The van der Waals surface area contributed by atoms with Crippen LogP contribution in [0.15, 0.2) is 18.2 Å². The third kappa shape index (κ3) is 2.01. The van der Waals surface area contributed by atoms with Gasteiger partial charge in [0.15, 0.2) is 0 Å². The van der Waals surface area contributed by atoms with Crippen LogP contribution in [-0.4, -0.2) is 11.2 Å². The molecule has 0 radical (unpaired) electrons. The quantitative estimate of drug-likeness (QED) is 0.797. The van der Waals surface area contributed by atoms with E-state index in [2.05, 4.69) is 6.92 Å². The van der Waals surface area contributed by atoms with Crippen LogP contribution in [0.1, 0.15) is 31.7 Å². The van der Waals surface area contributed by atoms with Crippen LogP contribution in [0.2, 0.25) is 10.0 Å². The van der Waals surface area contributed by atoms with Gasteiger partial charge in [-0.1, -0.05) is 42.3 Å². The number of aliphatic hydroxyl groups excluding tert-OH is 1. The zero-order valence-corrected chi connectivity index (χ0v) is 10.1. The van der Waals surface area contributed by atoms with Crippen molar-refractivity contribution in [3.05, 3.63) is 33.8 Å². The van der Waals surface area contributed by atoms with Crippen LogP contribution in [0.5, 0.6) is 0 Å². The Bertz CT molecular complexity index is 378. The molecule has 2 rings (SSSR count). The van der Waals surface area contributed by atoms with Crippen molar-refractivity contribution in [3.8, 4) is 0 Å². The Morgan fingerprint density at radius 3 is 2.73 bits per heavy atom. The molecular weight excluding hydrogens is 231 g/mol. The maximum Gasteiger partial charge on any atom is 0.0629 e. The zero-order valence-electron chi connectivity index (χ0n) is 8.63. The minimum absolute atomic E-state index is 0.0264. The zero-order chi connectivity index (χ0) is 11.1. The van der Waals surface area contributed by atoms with E-state index < -0.39 is 0 Å². The molecule has 0 heterocycles. The molecular formula is C12H14Cl2O. The van der Waals surface area contributed by atoms with Crippen molar-refractivity contribution in [2.24, 2.45) is 0 Å². The largest absolute Gasteiger partial charge is 0.393 e. The van der Waals surface area contributed by atoms with Gasteiger partial charge in [0.25, 0.3) is 0 Å². The Morgan fingerprint density at radius 1 is 1.40 bits per heavy atom. The van der Waals surface area contributed by atoms with Crippen molar-refractivity contribution in [2.75, 3.05) is 0 Å². The summed E-state index contributed by atoms with van der Waals surface area (Å²) in [5, 5.41) is 10.8. The van der Waals surface area contributed by atoms with Gasteiger partial charge in [-0.2, -0.15) is 0 Å². The van der Waals surface area contributed by atoms with Crippen LogP contribution in [0.3, 0.4) is 0 Å². The normalized spacial score (nSPS) is 30.8. The molecule has 2 atom stereocenters. The van der Waals surface area contributed by atoms with Crippen molar-refractivity contribution in [3.63, 3.8) is 0 Å². The highest BCUT2D eigenvalue weighted by Crippen LogP contribution is 2.44. The lowest BCUT2D eigenvalue weighted by molar-refractivity contribution is 0.175. The smallest absolute Gasteiger partial charge is 0.0629 e. The van der Waals surface area contributed by atoms with E-state index in [-0.39, 0.29) is 11.5 Å². The van der Waals surface area contributed by atoms with E-state index in [0.29, 0.717) is 10.0 Å². The highest BCUT2D eigenvalue weighted by atomic mass is 35.5. The lowest BCUT2D eigenvalue weighted by Crippen LogP contribution is -2.19. The van der Waals surface area contributed by atoms with Crippen molar-refractivity contribution in [1.82, 2.24) is 0 Å². The second-order valence-corrected chi connectivity index (χ2v) is 5.34.